The third-order valence-corrected chi connectivity index (χ3v) is 1.94. The molecule has 0 aliphatic carbocycles. The zero-order valence-electron chi connectivity index (χ0n) is 7.59. The van der Waals surface area contributed by atoms with Crippen LogP contribution in [0.5, 0.6) is 0 Å². The average molecular weight is 199 g/mol. The molecule has 72 valence electrons. The van der Waals surface area contributed by atoms with Crippen LogP contribution >= 0.6 is 11.6 Å². The zero-order chi connectivity index (χ0) is 9.36. The number of hydrogen-bond acceptors (Lipinski definition) is 2. The maximum Gasteiger partial charge on any atom is 0.0405 e. The summed E-state index contributed by atoms with van der Waals surface area (Å²) >= 11 is 5.54. The highest BCUT2D eigenvalue weighted by Gasteiger charge is 1.91. The van der Waals surface area contributed by atoms with E-state index in [0.717, 1.165) is 31.2 Å². The molecule has 1 aliphatic heterocycles. The molecule has 0 radical (unpaired) electrons. The molecule has 1 aromatic rings. The maximum atomic E-state index is 5.54. The fourth-order valence-corrected chi connectivity index (χ4v) is 1.16. The molecule has 0 bridgehead atoms. The Labute approximate surface area is 84.3 Å². The number of piperazine rings is 1. The largest absolute Gasteiger partial charge is 0.314 e. The molecule has 0 saturated carbocycles. The van der Waals surface area contributed by atoms with Crippen molar-refractivity contribution >= 4 is 11.6 Å². The molecule has 0 spiro atoms. The number of halogens is 1. The molecular formula is C10H15ClN2. The first-order valence-electron chi connectivity index (χ1n) is 4.51. The molecule has 1 aliphatic rings. The first-order valence-corrected chi connectivity index (χ1v) is 4.89. The molecule has 0 unspecified atom stereocenters. The van der Waals surface area contributed by atoms with Gasteiger partial charge in [-0.15, -0.1) is 0 Å². The van der Waals surface area contributed by atoms with Gasteiger partial charge in [-0.2, -0.15) is 0 Å². The van der Waals surface area contributed by atoms with Crippen LogP contribution in [0.3, 0.4) is 0 Å². The molecular weight excluding hydrogens is 184 g/mol. The van der Waals surface area contributed by atoms with Crippen molar-refractivity contribution < 1.29 is 0 Å². The van der Waals surface area contributed by atoms with Crippen LogP contribution in [0.4, 0.5) is 0 Å². The molecule has 1 heterocycles. The van der Waals surface area contributed by atoms with Gasteiger partial charge in [-0.3, -0.25) is 0 Å². The van der Waals surface area contributed by atoms with Gasteiger partial charge < -0.3 is 10.6 Å². The number of nitrogens with one attached hydrogen (secondary N) is 2. The Morgan fingerprint density at radius 1 is 0.846 bits per heavy atom. The van der Waals surface area contributed by atoms with E-state index < -0.39 is 0 Å². The highest BCUT2D eigenvalue weighted by Crippen LogP contribution is 2.03. The summed E-state index contributed by atoms with van der Waals surface area (Å²) in [4.78, 5) is 0. The van der Waals surface area contributed by atoms with Crippen LogP contribution in [0, 0.1) is 0 Å². The van der Waals surface area contributed by atoms with Crippen LogP contribution < -0.4 is 10.6 Å². The van der Waals surface area contributed by atoms with E-state index in [-0.39, 0.29) is 0 Å². The monoisotopic (exact) mass is 198 g/mol. The van der Waals surface area contributed by atoms with E-state index in [4.69, 9.17) is 11.6 Å². The summed E-state index contributed by atoms with van der Waals surface area (Å²) in [5.74, 6) is 0. The third-order valence-electron chi connectivity index (χ3n) is 1.69. The van der Waals surface area contributed by atoms with Crippen molar-refractivity contribution in [2.24, 2.45) is 0 Å². The molecule has 1 saturated heterocycles. The molecule has 13 heavy (non-hydrogen) atoms. The van der Waals surface area contributed by atoms with Gasteiger partial charge in [0.15, 0.2) is 0 Å². The minimum Gasteiger partial charge on any atom is -0.314 e. The van der Waals surface area contributed by atoms with E-state index in [1.807, 2.05) is 30.3 Å². The van der Waals surface area contributed by atoms with E-state index in [9.17, 15) is 0 Å². The Morgan fingerprint density at radius 2 is 1.31 bits per heavy atom. The Morgan fingerprint density at radius 3 is 1.54 bits per heavy atom. The minimum atomic E-state index is 0.794. The van der Waals surface area contributed by atoms with Crippen LogP contribution in [0.2, 0.25) is 5.02 Å². The van der Waals surface area contributed by atoms with Gasteiger partial charge in [0.25, 0.3) is 0 Å². The van der Waals surface area contributed by atoms with Gasteiger partial charge in [0.05, 0.1) is 0 Å². The average Bonchev–Trinajstić information content (AvgIpc) is 2.22. The predicted molar refractivity (Wildman–Crippen MR) is 57.2 cm³/mol. The second-order valence-corrected chi connectivity index (χ2v) is 3.23. The smallest absolute Gasteiger partial charge is 0.0405 e. The summed E-state index contributed by atoms with van der Waals surface area (Å²) < 4.78 is 0. The Hall–Kier alpha value is -0.570. The van der Waals surface area contributed by atoms with Crippen LogP contribution in [-0.2, 0) is 0 Å². The van der Waals surface area contributed by atoms with Gasteiger partial charge >= 0.3 is 0 Å². The van der Waals surface area contributed by atoms with Crippen LogP contribution in [-0.4, -0.2) is 26.2 Å². The quantitative estimate of drug-likeness (QED) is 0.661. The molecule has 0 aromatic heterocycles. The first-order chi connectivity index (χ1) is 6.39. The Bertz CT molecular complexity index is 198. The third kappa shape index (κ3) is 5.64. The molecule has 0 amide bonds. The van der Waals surface area contributed by atoms with Gasteiger partial charge in [0.2, 0.25) is 0 Å². The maximum absolute atomic E-state index is 5.54. The van der Waals surface area contributed by atoms with Crippen LogP contribution in [0.1, 0.15) is 0 Å². The fraction of sp³-hybridized carbons (Fsp3) is 0.400. The van der Waals surface area contributed by atoms with E-state index in [0.29, 0.717) is 0 Å². The summed E-state index contributed by atoms with van der Waals surface area (Å²) in [6, 6.07) is 9.44. The van der Waals surface area contributed by atoms with Crippen molar-refractivity contribution in [1.82, 2.24) is 10.6 Å². The number of benzene rings is 1. The molecule has 3 heteroatoms. The standard InChI is InChI=1S/C6H5Cl.C4H10N2/c7-6-4-2-1-3-5-6;1-2-6-4-3-5-1/h1-5H;5-6H,1-4H2. The zero-order valence-corrected chi connectivity index (χ0v) is 8.35. The summed E-state index contributed by atoms with van der Waals surface area (Å²) in [6.45, 7) is 4.56. The molecule has 2 N–H and O–H groups in total. The van der Waals surface area contributed by atoms with Crippen molar-refractivity contribution in [2.45, 2.75) is 0 Å². The Balaban J connectivity index is 0.000000132. The van der Waals surface area contributed by atoms with Crippen molar-refractivity contribution in [1.29, 1.82) is 0 Å². The number of rotatable bonds is 0. The van der Waals surface area contributed by atoms with Gasteiger partial charge in [-0.05, 0) is 12.1 Å². The Kier molecular flexibility index (Phi) is 5.57. The van der Waals surface area contributed by atoms with Crippen molar-refractivity contribution in [3.63, 3.8) is 0 Å². The van der Waals surface area contributed by atoms with Gasteiger partial charge in [-0.1, -0.05) is 29.8 Å². The SMILES string of the molecule is C1CNCCN1.Clc1ccccc1. The predicted octanol–water partition coefficient (Wildman–Crippen LogP) is 1.52. The normalized spacial score (nSPS) is 15.8. The van der Waals surface area contributed by atoms with Crippen molar-refractivity contribution in [3.8, 4) is 0 Å². The lowest BCUT2D eigenvalue weighted by molar-refractivity contribution is 0.534. The summed E-state index contributed by atoms with van der Waals surface area (Å²) in [5, 5.41) is 7.24. The lowest BCUT2D eigenvalue weighted by Crippen LogP contribution is -2.39. The molecule has 2 nitrogen and oxygen atoms in total. The van der Waals surface area contributed by atoms with Gasteiger partial charge in [0, 0.05) is 31.2 Å². The van der Waals surface area contributed by atoms with E-state index in [2.05, 4.69) is 10.6 Å². The topological polar surface area (TPSA) is 24.1 Å². The van der Waals surface area contributed by atoms with Gasteiger partial charge in [0.1, 0.15) is 0 Å². The highest BCUT2D eigenvalue weighted by atomic mass is 35.5. The van der Waals surface area contributed by atoms with E-state index >= 15 is 0 Å². The van der Waals surface area contributed by atoms with Crippen LogP contribution in [0.25, 0.3) is 0 Å². The summed E-state index contributed by atoms with van der Waals surface area (Å²) in [5.41, 5.74) is 0. The number of hydrogen-bond donors (Lipinski definition) is 2. The van der Waals surface area contributed by atoms with Crippen LogP contribution in [0.15, 0.2) is 30.3 Å². The summed E-state index contributed by atoms with van der Waals surface area (Å²) in [6.07, 6.45) is 0. The van der Waals surface area contributed by atoms with E-state index in [1.54, 1.807) is 0 Å². The molecule has 0 atom stereocenters. The molecule has 1 aromatic carbocycles. The van der Waals surface area contributed by atoms with Gasteiger partial charge in [-0.25, -0.2) is 0 Å². The first kappa shape index (κ1) is 10.5. The second kappa shape index (κ2) is 6.89. The minimum absolute atomic E-state index is 0.794. The highest BCUT2D eigenvalue weighted by molar-refractivity contribution is 6.30. The van der Waals surface area contributed by atoms with Crippen molar-refractivity contribution in [2.75, 3.05) is 26.2 Å². The lowest BCUT2D eigenvalue weighted by atomic mass is 10.4. The fourth-order valence-electron chi connectivity index (χ4n) is 1.02. The molecule has 2 rings (SSSR count). The molecule has 1 fully saturated rings. The van der Waals surface area contributed by atoms with E-state index in [1.165, 1.54) is 0 Å². The summed E-state index contributed by atoms with van der Waals surface area (Å²) in [7, 11) is 0. The lowest BCUT2D eigenvalue weighted by Gasteiger charge is -2.11. The van der Waals surface area contributed by atoms with Crippen molar-refractivity contribution in [3.05, 3.63) is 35.4 Å². The second-order valence-electron chi connectivity index (χ2n) is 2.80.